The van der Waals surface area contributed by atoms with E-state index in [1.54, 1.807) is 55.6 Å². The third-order valence-corrected chi connectivity index (χ3v) is 3.22. The van der Waals surface area contributed by atoms with Crippen LogP contribution in [-0.4, -0.2) is 42.0 Å². The Labute approximate surface area is 129 Å². The van der Waals surface area contributed by atoms with Crippen LogP contribution in [0.2, 0.25) is 0 Å². The van der Waals surface area contributed by atoms with Crippen LogP contribution < -0.4 is 5.32 Å². The van der Waals surface area contributed by atoms with E-state index in [1.165, 1.54) is 4.90 Å². The van der Waals surface area contributed by atoms with Crippen LogP contribution in [0.25, 0.3) is 0 Å². The smallest absolute Gasteiger partial charge is 0.255 e. The van der Waals surface area contributed by atoms with Crippen molar-refractivity contribution >= 4 is 17.5 Å². The molecule has 0 aliphatic carbocycles. The number of anilines is 1. The van der Waals surface area contributed by atoms with Crippen molar-refractivity contribution in [1.82, 2.24) is 4.90 Å². The Balaban J connectivity index is 2.22. The van der Waals surface area contributed by atoms with E-state index in [2.05, 4.69) is 5.32 Å². The lowest BCUT2D eigenvalue weighted by atomic mass is 10.1. The minimum atomic E-state index is -0.273. The highest BCUT2D eigenvalue weighted by Crippen LogP contribution is 2.18. The normalized spacial score (nSPS) is 10.1. The largest absolute Gasteiger partial charge is 0.395 e. The zero-order chi connectivity index (χ0) is 15.9. The number of aliphatic hydroxyl groups excluding tert-OH is 1. The van der Waals surface area contributed by atoms with Crippen LogP contribution in [0.4, 0.5) is 5.69 Å². The maximum atomic E-state index is 12.3. The molecule has 2 N–H and O–H groups in total. The molecule has 114 valence electrons. The van der Waals surface area contributed by atoms with Crippen LogP contribution in [-0.2, 0) is 0 Å². The number of aliphatic hydroxyl groups is 1. The van der Waals surface area contributed by atoms with E-state index in [0.717, 1.165) is 0 Å². The molecule has 0 saturated carbocycles. The van der Waals surface area contributed by atoms with Crippen molar-refractivity contribution in [3.63, 3.8) is 0 Å². The molecule has 2 aromatic rings. The summed E-state index contributed by atoms with van der Waals surface area (Å²) in [6.45, 7) is 0.126. The zero-order valence-electron chi connectivity index (χ0n) is 12.3. The Kier molecular flexibility index (Phi) is 5.27. The molecule has 0 aliphatic rings. The Morgan fingerprint density at radius 3 is 2.36 bits per heavy atom. The third-order valence-electron chi connectivity index (χ3n) is 3.22. The van der Waals surface area contributed by atoms with Gasteiger partial charge in [-0.3, -0.25) is 9.59 Å². The standard InChI is InChI=1S/C17H18N2O3/c1-19(11-12-20)17(22)14-9-5-6-10-15(14)18-16(21)13-7-3-2-4-8-13/h2-10,20H,11-12H2,1H3,(H,18,21). The molecule has 0 fully saturated rings. The third kappa shape index (κ3) is 3.71. The lowest BCUT2D eigenvalue weighted by Gasteiger charge is -2.18. The highest BCUT2D eigenvalue weighted by molar-refractivity contribution is 6.08. The van der Waals surface area contributed by atoms with Crippen LogP contribution in [0.1, 0.15) is 20.7 Å². The number of amides is 2. The maximum Gasteiger partial charge on any atom is 0.255 e. The van der Waals surface area contributed by atoms with Gasteiger partial charge in [0.1, 0.15) is 0 Å². The number of nitrogens with zero attached hydrogens (tertiary/aromatic N) is 1. The van der Waals surface area contributed by atoms with Crippen LogP contribution in [0, 0.1) is 0 Å². The first-order chi connectivity index (χ1) is 10.6. The second-order valence-corrected chi connectivity index (χ2v) is 4.82. The SMILES string of the molecule is CN(CCO)C(=O)c1ccccc1NC(=O)c1ccccc1. The van der Waals surface area contributed by atoms with Gasteiger partial charge in [0.05, 0.1) is 17.9 Å². The highest BCUT2D eigenvalue weighted by Gasteiger charge is 2.16. The molecular formula is C17H18N2O3. The van der Waals surface area contributed by atoms with Gasteiger partial charge in [0.2, 0.25) is 0 Å². The van der Waals surface area contributed by atoms with E-state index in [0.29, 0.717) is 16.8 Å². The summed E-state index contributed by atoms with van der Waals surface area (Å²) in [5.74, 6) is -0.524. The summed E-state index contributed by atoms with van der Waals surface area (Å²) < 4.78 is 0. The summed E-state index contributed by atoms with van der Waals surface area (Å²) in [7, 11) is 1.61. The molecule has 0 atom stereocenters. The van der Waals surface area contributed by atoms with Gasteiger partial charge >= 0.3 is 0 Å². The van der Waals surface area contributed by atoms with Gasteiger partial charge in [0.15, 0.2) is 0 Å². The van der Waals surface area contributed by atoms with Crippen LogP contribution >= 0.6 is 0 Å². The molecule has 5 nitrogen and oxygen atoms in total. The first-order valence-corrected chi connectivity index (χ1v) is 6.95. The minimum absolute atomic E-state index is 0.110. The Morgan fingerprint density at radius 2 is 1.68 bits per heavy atom. The van der Waals surface area contributed by atoms with Gasteiger partial charge in [-0.1, -0.05) is 30.3 Å². The molecule has 2 rings (SSSR count). The van der Waals surface area contributed by atoms with Gasteiger partial charge < -0.3 is 15.3 Å². The number of hydrogen-bond acceptors (Lipinski definition) is 3. The van der Waals surface area contributed by atoms with E-state index < -0.39 is 0 Å². The molecule has 2 amide bonds. The fourth-order valence-electron chi connectivity index (χ4n) is 2.02. The molecular weight excluding hydrogens is 280 g/mol. The van der Waals surface area contributed by atoms with Crippen molar-refractivity contribution in [1.29, 1.82) is 0 Å². The first-order valence-electron chi connectivity index (χ1n) is 6.95. The van der Waals surface area contributed by atoms with E-state index >= 15 is 0 Å². The van der Waals surface area contributed by atoms with Crippen molar-refractivity contribution in [2.45, 2.75) is 0 Å². The fourth-order valence-corrected chi connectivity index (χ4v) is 2.02. The van der Waals surface area contributed by atoms with Crippen LogP contribution in [0.3, 0.4) is 0 Å². The summed E-state index contributed by atoms with van der Waals surface area (Å²) in [6.07, 6.45) is 0. The number of para-hydroxylation sites is 1. The molecule has 0 radical (unpaired) electrons. The Morgan fingerprint density at radius 1 is 1.05 bits per heavy atom. The number of benzene rings is 2. The monoisotopic (exact) mass is 298 g/mol. The second kappa shape index (κ2) is 7.38. The van der Waals surface area contributed by atoms with E-state index in [1.807, 2.05) is 6.07 Å². The molecule has 0 bridgehead atoms. The van der Waals surface area contributed by atoms with Gasteiger partial charge in [-0.05, 0) is 24.3 Å². The van der Waals surface area contributed by atoms with Crippen molar-refractivity contribution in [3.8, 4) is 0 Å². The molecule has 5 heteroatoms. The first kappa shape index (κ1) is 15.7. The average Bonchev–Trinajstić information content (AvgIpc) is 2.55. The summed E-state index contributed by atoms with van der Waals surface area (Å²) >= 11 is 0. The van der Waals surface area contributed by atoms with Gasteiger partial charge in [-0.25, -0.2) is 0 Å². The van der Waals surface area contributed by atoms with Gasteiger partial charge in [0, 0.05) is 19.2 Å². The summed E-state index contributed by atoms with van der Waals surface area (Å²) in [4.78, 5) is 26.0. The van der Waals surface area contributed by atoms with E-state index in [-0.39, 0.29) is 25.0 Å². The van der Waals surface area contributed by atoms with E-state index in [4.69, 9.17) is 5.11 Å². The zero-order valence-corrected chi connectivity index (χ0v) is 12.3. The number of carbonyl (C=O) groups excluding carboxylic acids is 2. The summed E-state index contributed by atoms with van der Waals surface area (Å²) in [5.41, 5.74) is 1.36. The molecule has 0 unspecified atom stereocenters. The number of hydrogen-bond donors (Lipinski definition) is 2. The molecule has 2 aromatic carbocycles. The topological polar surface area (TPSA) is 69.6 Å². The molecule has 0 aliphatic heterocycles. The molecule has 0 aromatic heterocycles. The number of likely N-dealkylation sites (N-methyl/N-ethyl adjacent to an activating group) is 1. The van der Waals surface area contributed by atoms with Gasteiger partial charge in [-0.15, -0.1) is 0 Å². The van der Waals surface area contributed by atoms with E-state index in [9.17, 15) is 9.59 Å². The average molecular weight is 298 g/mol. The van der Waals surface area contributed by atoms with Crippen molar-refractivity contribution in [2.24, 2.45) is 0 Å². The fraction of sp³-hybridized carbons (Fsp3) is 0.176. The summed E-state index contributed by atoms with van der Waals surface area (Å²) in [5, 5.41) is 11.7. The molecule has 0 saturated heterocycles. The van der Waals surface area contributed by atoms with Gasteiger partial charge in [-0.2, -0.15) is 0 Å². The Hall–Kier alpha value is -2.66. The number of rotatable bonds is 5. The summed E-state index contributed by atoms with van der Waals surface area (Å²) in [6, 6.07) is 15.6. The molecule has 0 spiro atoms. The second-order valence-electron chi connectivity index (χ2n) is 4.82. The minimum Gasteiger partial charge on any atom is -0.395 e. The van der Waals surface area contributed by atoms with Crippen molar-refractivity contribution in [3.05, 3.63) is 65.7 Å². The predicted octanol–water partition coefficient (Wildman–Crippen LogP) is 2.00. The maximum absolute atomic E-state index is 12.3. The van der Waals surface area contributed by atoms with Crippen molar-refractivity contribution < 1.29 is 14.7 Å². The van der Waals surface area contributed by atoms with Gasteiger partial charge in [0.25, 0.3) is 11.8 Å². The quantitative estimate of drug-likeness (QED) is 0.887. The lowest BCUT2D eigenvalue weighted by Crippen LogP contribution is -2.30. The van der Waals surface area contributed by atoms with Crippen LogP contribution in [0.15, 0.2) is 54.6 Å². The Bertz CT molecular complexity index is 656. The number of nitrogens with one attached hydrogen (secondary N) is 1. The molecule has 0 heterocycles. The highest BCUT2D eigenvalue weighted by atomic mass is 16.3. The van der Waals surface area contributed by atoms with Crippen LogP contribution in [0.5, 0.6) is 0 Å². The lowest BCUT2D eigenvalue weighted by molar-refractivity contribution is 0.0768. The molecule has 22 heavy (non-hydrogen) atoms. The number of carbonyl (C=O) groups is 2. The van der Waals surface area contributed by atoms with Crippen molar-refractivity contribution in [2.75, 3.05) is 25.5 Å². The predicted molar refractivity (Wildman–Crippen MR) is 84.9 cm³/mol.